The fraction of sp³-hybridized carbons (Fsp3) is 0.0303. The van der Waals surface area contributed by atoms with Gasteiger partial charge in [0, 0.05) is 26.6 Å². The number of nitrogens with zero attached hydrogens (tertiary/aromatic N) is 1. The van der Waals surface area contributed by atoms with Gasteiger partial charge in [-0.1, -0.05) is 84.9 Å². The van der Waals surface area contributed by atoms with Gasteiger partial charge in [-0.3, -0.25) is 0 Å². The molecule has 0 aliphatic heterocycles. The van der Waals surface area contributed by atoms with Crippen molar-refractivity contribution in [1.82, 2.24) is 0 Å². The van der Waals surface area contributed by atoms with Gasteiger partial charge in [-0.25, -0.2) is 0 Å². The summed E-state index contributed by atoms with van der Waals surface area (Å²) in [5.74, 6) is 0. The van der Waals surface area contributed by atoms with Crippen LogP contribution in [-0.4, -0.2) is 0 Å². The van der Waals surface area contributed by atoms with Gasteiger partial charge in [-0.15, -0.1) is 11.3 Å². The van der Waals surface area contributed by atoms with E-state index in [2.05, 4.69) is 145 Å². The Bertz CT molecular complexity index is 1550. The molecule has 0 N–H and O–H groups in total. The minimum Gasteiger partial charge on any atom is -0.310 e. The number of fused-ring (bicyclic) bond motifs is 1. The lowest BCUT2D eigenvalue weighted by Crippen LogP contribution is -2.10. The molecule has 0 amide bonds. The zero-order valence-corrected chi connectivity index (χ0v) is 20.4. The Kier molecular flexibility index (Phi) is 5.65. The summed E-state index contributed by atoms with van der Waals surface area (Å²) in [6.45, 7) is 2.14. The molecule has 2 heteroatoms. The minimum absolute atomic E-state index is 1.14. The van der Waals surface area contributed by atoms with E-state index in [9.17, 15) is 0 Å². The molecule has 168 valence electrons. The predicted octanol–water partition coefficient (Wildman–Crippen LogP) is 10.0. The second-order valence-corrected chi connectivity index (χ2v) is 9.87. The normalized spacial score (nSPS) is 11.0. The summed E-state index contributed by atoms with van der Waals surface area (Å²) in [7, 11) is 0. The molecule has 0 bridgehead atoms. The molecule has 0 spiro atoms. The molecule has 0 unspecified atom stereocenters. The van der Waals surface area contributed by atoms with Crippen molar-refractivity contribution in [2.24, 2.45) is 0 Å². The number of rotatable bonds is 5. The first-order valence-corrected chi connectivity index (χ1v) is 12.7. The molecular weight excluding hydrogens is 442 g/mol. The maximum Gasteiger partial charge on any atom is 0.0464 e. The van der Waals surface area contributed by atoms with E-state index in [-0.39, 0.29) is 0 Å². The van der Waals surface area contributed by atoms with E-state index in [1.54, 1.807) is 0 Å². The van der Waals surface area contributed by atoms with E-state index in [1.165, 1.54) is 37.2 Å². The molecule has 1 heterocycles. The van der Waals surface area contributed by atoms with Gasteiger partial charge in [-0.2, -0.15) is 0 Å². The Labute approximate surface area is 210 Å². The molecule has 0 radical (unpaired) electrons. The highest BCUT2D eigenvalue weighted by Crippen LogP contribution is 2.38. The van der Waals surface area contributed by atoms with Crippen molar-refractivity contribution in [1.29, 1.82) is 0 Å². The van der Waals surface area contributed by atoms with Crippen LogP contribution < -0.4 is 4.90 Å². The Morgan fingerprint density at radius 1 is 0.486 bits per heavy atom. The van der Waals surface area contributed by atoms with Gasteiger partial charge >= 0.3 is 0 Å². The molecule has 5 aromatic carbocycles. The summed E-state index contributed by atoms with van der Waals surface area (Å²) in [4.78, 5) is 3.63. The first-order valence-electron chi connectivity index (χ1n) is 11.9. The topological polar surface area (TPSA) is 3.24 Å². The second kappa shape index (κ2) is 9.25. The molecule has 0 atom stereocenters. The van der Waals surface area contributed by atoms with E-state index in [0.29, 0.717) is 0 Å². The number of thiophene rings is 1. The maximum absolute atomic E-state index is 2.33. The van der Waals surface area contributed by atoms with Crippen molar-refractivity contribution in [2.75, 3.05) is 4.90 Å². The number of aryl methyl sites for hydroxylation is 1. The van der Waals surface area contributed by atoms with E-state index < -0.39 is 0 Å². The van der Waals surface area contributed by atoms with Gasteiger partial charge in [0.25, 0.3) is 0 Å². The predicted molar refractivity (Wildman–Crippen MR) is 152 cm³/mol. The molecule has 0 saturated heterocycles. The van der Waals surface area contributed by atoms with E-state index >= 15 is 0 Å². The highest BCUT2D eigenvalue weighted by molar-refractivity contribution is 7.22. The third kappa shape index (κ3) is 4.37. The Hall–Kier alpha value is -4.14. The summed E-state index contributed by atoms with van der Waals surface area (Å²) < 4.78 is 1.33. The average Bonchev–Trinajstić information content (AvgIpc) is 3.35. The quantitative estimate of drug-likeness (QED) is 0.244. The van der Waals surface area contributed by atoms with Crippen molar-refractivity contribution >= 4 is 38.5 Å². The van der Waals surface area contributed by atoms with Gasteiger partial charge in [0.05, 0.1) is 0 Å². The molecule has 6 rings (SSSR count). The largest absolute Gasteiger partial charge is 0.310 e. The first kappa shape index (κ1) is 21.4. The SMILES string of the molecule is Cc1cccc(N(c2ccc(-c3ccccc3)cc2)c2ccc(-c3cc4ccccc4s3)cc2)c1. The van der Waals surface area contributed by atoms with Crippen LogP contribution in [-0.2, 0) is 0 Å². The highest BCUT2D eigenvalue weighted by Gasteiger charge is 2.14. The van der Waals surface area contributed by atoms with E-state index in [4.69, 9.17) is 0 Å². The van der Waals surface area contributed by atoms with E-state index in [0.717, 1.165) is 17.1 Å². The molecule has 0 saturated carbocycles. The van der Waals surface area contributed by atoms with Crippen LogP contribution in [0.25, 0.3) is 31.7 Å². The fourth-order valence-corrected chi connectivity index (χ4v) is 5.61. The molecular formula is C33H25NS. The van der Waals surface area contributed by atoms with Crippen LogP contribution in [0.3, 0.4) is 0 Å². The van der Waals surface area contributed by atoms with Crippen LogP contribution >= 0.6 is 11.3 Å². The van der Waals surface area contributed by atoms with Crippen LogP contribution in [0, 0.1) is 6.92 Å². The summed E-state index contributed by atoms with van der Waals surface area (Å²) in [6.07, 6.45) is 0. The van der Waals surface area contributed by atoms with Crippen LogP contribution in [0.1, 0.15) is 5.56 Å². The van der Waals surface area contributed by atoms with Gasteiger partial charge < -0.3 is 4.90 Å². The lowest BCUT2D eigenvalue weighted by molar-refractivity contribution is 1.27. The number of hydrogen-bond acceptors (Lipinski definition) is 2. The molecule has 0 fully saturated rings. The number of hydrogen-bond donors (Lipinski definition) is 0. The average molecular weight is 468 g/mol. The monoisotopic (exact) mass is 467 g/mol. The Balaban J connectivity index is 1.38. The van der Waals surface area contributed by atoms with Crippen molar-refractivity contribution in [2.45, 2.75) is 6.92 Å². The Morgan fingerprint density at radius 2 is 1.11 bits per heavy atom. The highest BCUT2D eigenvalue weighted by atomic mass is 32.1. The Morgan fingerprint density at radius 3 is 1.80 bits per heavy atom. The smallest absolute Gasteiger partial charge is 0.0464 e. The van der Waals surface area contributed by atoms with Crippen LogP contribution in [0.4, 0.5) is 17.1 Å². The third-order valence-corrected chi connectivity index (χ3v) is 7.49. The van der Waals surface area contributed by atoms with Crippen LogP contribution in [0.15, 0.2) is 133 Å². The summed E-state index contributed by atoms with van der Waals surface area (Å²) in [5, 5.41) is 1.30. The second-order valence-electron chi connectivity index (χ2n) is 8.78. The zero-order chi connectivity index (χ0) is 23.6. The minimum atomic E-state index is 1.14. The molecule has 0 aliphatic rings. The van der Waals surface area contributed by atoms with Crippen LogP contribution in [0.5, 0.6) is 0 Å². The van der Waals surface area contributed by atoms with Crippen molar-refractivity contribution in [3.05, 3.63) is 139 Å². The number of benzene rings is 5. The molecule has 1 aromatic heterocycles. The van der Waals surface area contributed by atoms with E-state index in [1.807, 2.05) is 11.3 Å². The third-order valence-electron chi connectivity index (χ3n) is 6.33. The lowest BCUT2D eigenvalue weighted by Gasteiger charge is -2.26. The summed E-state index contributed by atoms with van der Waals surface area (Å²) in [6, 6.07) is 47.9. The van der Waals surface area contributed by atoms with Crippen molar-refractivity contribution in [3.8, 4) is 21.6 Å². The van der Waals surface area contributed by atoms with Crippen molar-refractivity contribution < 1.29 is 0 Å². The molecule has 1 nitrogen and oxygen atoms in total. The summed E-state index contributed by atoms with van der Waals surface area (Å²) >= 11 is 1.85. The van der Waals surface area contributed by atoms with Gasteiger partial charge in [-0.05, 0) is 83.1 Å². The van der Waals surface area contributed by atoms with Crippen LogP contribution in [0.2, 0.25) is 0 Å². The van der Waals surface area contributed by atoms with Gasteiger partial charge in [0.1, 0.15) is 0 Å². The first-order chi connectivity index (χ1) is 17.2. The lowest BCUT2D eigenvalue weighted by atomic mass is 10.0. The molecule has 6 aromatic rings. The summed E-state index contributed by atoms with van der Waals surface area (Å²) in [5.41, 5.74) is 8.39. The molecule has 0 aliphatic carbocycles. The molecule has 35 heavy (non-hydrogen) atoms. The number of anilines is 3. The zero-order valence-electron chi connectivity index (χ0n) is 19.6. The maximum atomic E-state index is 2.33. The standard InChI is InChI=1S/C33H25NS/c1-24-8-7-12-31(22-24)34(29-18-14-26(15-19-29)25-9-3-2-4-10-25)30-20-16-27(17-21-30)33-23-28-11-5-6-13-32(28)35-33/h2-23H,1H3. The van der Waals surface area contributed by atoms with Crippen molar-refractivity contribution in [3.63, 3.8) is 0 Å². The van der Waals surface area contributed by atoms with Gasteiger partial charge in [0.15, 0.2) is 0 Å². The van der Waals surface area contributed by atoms with Gasteiger partial charge in [0.2, 0.25) is 0 Å². The fourth-order valence-electron chi connectivity index (χ4n) is 4.55.